The molecule has 0 spiro atoms. The van der Waals surface area contributed by atoms with Gasteiger partial charge < -0.3 is 4.57 Å². The molecule has 0 aliphatic heterocycles. The van der Waals surface area contributed by atoms with Crippen LogP contribution in [0.15, 0.2) is 11.2 Å². The highest BCUT2D eigenvalue weighted by Gasteiger charge is 2.18. The van der Waals surface area contributed by atoms with Crippen LogP contribution in [-0.4, -0.2) is 24.5 Å². The monoisotopic (exact) mass is 242 g/mol. The smallest absolute Gasteiger partial charge is 0.259 e. The fraction of sp³-hybridized carbons (Fsp3) is 0.556. The number of aryl methyl sites for hydroxylation is 2. The van der Waals surface area contributed by atoms with Crippen molar-refractivity contribution in [1.82, 2.24) is 14.3 Å². The van der Waals surface area contributed by atoms with Crippen LogP contribution in [0.25, 0.3) is 0 Å². The second-order valence-electron chi connectivity index (χ2n) is 3.62. The lowest BCUT2D eigenvalue weighted by atomic mass is 10.2. The molecule has 0 radical (unpaired) electrons. The molecule has 0 aromatic carbocycles. The molecule has 0 aliphatic carbocycles. The maximum Gasteiger partial charge on any atom is 0.259 e. The van der Waals surface area contributed by atoms with Gasteiger partial charge in [0.05, 0.1) is 12.0 Å². The Hall–Kier alpha value is -1.39. The second kappa shape index (κ2) is 4.63. The topological polar surface area (TPSA) is 87.8 Å². The van der Waals surface area contributed by atoms with Crippen molar-refractivity contribution in [3.05, 3.63) is 12.0 Å². The van der Waals surface area contributed by atoms with Gasteiger partial charge in [-0.3, -0.25) is 0 Å². The van der Waals surface area contributed by atoms with Crippen molar-refractivity contribution >= 4 is 10.0 Å². The van der Waals surface area contributed by atoms with E-state index in [1.165, 1.54) is 6.20 Å². The molecule has 1 aromatic rings. The van der Waals surface area contributed by atoms with E-state index < -0.39 is 10.0 Å². The van der Waals surface area contributed by atoms with E-state index in [4.69, 9.17) is 5.26 Å². The minimum absolute atomic E-state index is 0.0161. The first-order valence-electron chi connectivity index (χ1n) is 4.76. The van der Waals surface area contributed by atoms with Crippen molar-refractivity contribution in [2.24, 2.45) is 13.0 Å². The Kier molecular flexibility index (Phi) is 3.67. The van der Waals surface area contributed by atoms with Crippen molar-refractivity contribution in [1.29, 1.82) is 5.26 Å². The van der Waals surface area contributed by atoms with Gasteiger partial charge in [-0.05, 0) is 13.8 Å². The quantitative estimate of drug-likeness (QED) is 0.815. The Morgan fingerprint density at radius 3 is 2.75 bits per heavy atom. The molecule has 0 amide bonds. The summed E-state index contributed by atoms with van der Waals surface area (Å²) in [5.74, 6) is 0.258. The van der Waals surface area contributed by atoms with E-state index in [1.54, 1.807) is 25.5 Å². The average molecular weight is 242 g/mol. The third-order valence-electron chi connectivity index (χ3n) is 2.16. The van der Waals surface area contributed by atoms with Gasteiger partial charge in [0.2, 0.25) is 0 Å². The number of nitriles is 1. The van der Waals surface area contributed by atoms with Gasteiger partial charge in [-0.15, -0.1) is 0 Å². The molecular weight excluding hydrogens is 228 g/mol. The van der Waals surface area contributed by atoms with E-state index in [1.807, 2.05) is 6.07 Å². The fourth-order valence-electron chi connectivity index (χ4n) is 1.01. The summed E-state index contributed by atoms with van der Waals surface area (Å²) >= 11 is 0. The lowest BCUT2D eigenvalue weighted by Crippen LogP contribution is -2.28. The number of rotatable bonds is 4. The summed E-state index contributed by atoms with van der Waals surface area (Å²) in [5.41, 5.74) is 0. The molecular formula is C9H14N4O2S. The number of imidazole rings is 1. The Balaban J connectivity index is 2.83. The minimum Gasteiger partial charge on any atom is -0.337 e. The highest BCUT2D eigenvalue weighted by atomic mass is 32.2. The van der Waals surface area contributed by atoms with E-state index in [9.17, 15) is 8.42 Å². The van der Waals surface area contributed by atoms with Gasteiger partial charge in [0.1, 0.15) is 5.82 Å². The molecule has 1 N–H and O–H groups in total. The largest absolute Gasteiger partial charge is 0.337 e. The molecule has 0 fully saturated rings. The van der Waals surface area contributed by atoms with Gasteiger partial charge in [-0.2, -0.15) is 5.26 Å². The normalized spacial score (nSPS) is 13.4. The number of nitrogens with zero attached hydrogens (tertiary/aromatic N) is 3. The highest BCUT2D eigenvalue weighted by Crippen LogP contribution is 2.07. The maximum absolute atomic E-state index is 11.7. The molecule has 88 valence electrons. The van der Waals surface area contributed by atoms with Crippen molar-refractivity contribution in [2.75, 3.05) is 6.54 Å². The molecule has 7 heteroatoms. The van der Waals surface area contributed by atoms with E-state index >= 15 is 0 Å². The van der Waals surface area contributed by atoms with E-state index in [0.29, 0.717) is 5.82 Å². The summed E-state index contributed by atoms with van der Waals surface area (Å²) in [6, 6.07) is 1.95. The van der Waals surface area contributed by atoms with Crippen LogP contribution >= 0.6 is 0 Å². The zero-order chi connectivity index (χ0) is 12.3. The van der Waals surface area contributed by atoms with Gasteiger partial charge in [0.15, 0.2) is 5.03 Å². The van der Waals surface area contributed by atoms with Crippen molar-refractivity contribution in [3.63, 3.8) is 0 Å². The predicted octanol–water partition coefficient (Wildman–Crippen LogP) is 0.166. The summed E-state index contributed by atoms with van der Waals surface area (Å²) in [4.78, 5) is 3.92. The molecule has 0 aliphatic rings. The SMILES string of the molecule is Cc1nc(S(=O)(=O)NCC(C)C#N)cn1C. The first kappa shape index (κ1) is 12.7. The molecule has 0 saturated carbocycles. The first-order valence-corrected chi connectivity index (χ1v) is 6.24. The van der Waals surface area contributed by atoms with Crippen LogP contribution in [0.4, 0.5) is 0 Å². The molecule has 1 rings (SSSR count). The van der Waals surface area contributed by atoms with E-state index in [2.05, 4.69) is 9.71 Å². The number of aromatic nitrogens is 2. The number of sulfonamides is 1. The second-order valence-corrected chi connectivity index (χ2v) is 5.33. The zero-order valence-corrected chi connectivity index (χ0v) is 10.2. The Morgan fingerprint density at radius 2 is 2.31 bits per heavy atom. The Labute approximate surface area is 95.0 Å². The fourth-order valence-corrected chi connectivity index (χ4v) is 2.18. The Morgan fingerprint density at radius 1 is 1.69 bits per heavy atom. The molecule has 1 atom stereocenters. The lowest BCUT2D eigenvalue weighted by molar-refractivity contribution is 0.569. The first-order chi connectivity index (χ1) is 7.36. The molecule has 0 bridgehead atoms. The number of nitrogens with one attached hydrogen (secondary N) is 1. The summed E-state index contributed by atoms with van der Waals surface area (Å²) < 4.78 is 27.4. The van der Waals surface area contributed by atoms with Gasteiger partial charge in [-0.25, -0.2) is 18.1 Å². The van der Waals surface area contributed by atoms with Gasteiger partial charge in [0, 0.05) is 19.8 Å². The molecule has 1 unspecified atom stereocenters. The van der Waals surface area contributed by atoms with Crippen molar-refractivity contribution < 1.29 is 8.42 Å². The molecule has 6 nitrogen and oxygen atoms in total. The summed E-state index contributed by atoms with van der Waals surface area (Å²) in [5, 5.41) is 8.53. The molecule has 0 saturated heterocycles. The predicted molar refractivity (Wildman–Crippen MR) is 57.9 cm³/mol. The van der Waals surface area contributed by atoms with Crippen molar-refractivity contribution in [2.45, 2.75) is 18.9 Å². The zero-order valence-electron chi connectivity index (χ0n) is 9.43. The van der Waals surface area contributed by atoms with Crippen LogP contribution in [-0.2, 0) is 17.1 Å². The van der Waals surface area contributed by atoms with Gasteiger partial charge >= 0.3 is 0 Å². The van der Waals surface area contributed by atoms with Gasteiger partial charge in [0.25, 0.3) is 10.0 Å². The van der Waals surface area contributed by atoms with Crippen molar-refractivity contribution in [3.8, 4) is 6.07 Å². The number of hydrogen-bond donors (Lipinski definition) is 1. The minimum atomic E-state index is -3.60. The molecule has 1 heterocycles. The van der Waals surface area contributed by atoms with Crippen LogP contribution in [0.5, 0.6) is 0 Å². The molecule has 16 heavy (non-hydrogen) atoms. The van der Waals surface area contributed by atoms with Crippen LogP contribution in [0.3, 0.4) is 0 Å². The third kappa shape index (κ3) is 2.81. The molecule has 1 aromatic heterocycles. The van der Waals surface area contributed by atoms with Gasteiger partial charge in [-0.1, -0.05) is 0 Å². The van der Waals surface area contributed by atoms with Crippen LogP contribution in [0.1, 0.15) is 12.7 Å². The third-order valence-corrected chi connectivity index (χ3v) is 3.46. The Bertz CT molecular complexity index is 493. The van der Waals surface area contributed by atoms with Crippen LogP contribution in [0, 0.1) is 24.2 Å². The maximum atomic E-state index is 11.7. The number of hydrogen-bond acceptors (Lipinski definition) is 4. The van der Waals surface area contributed by atoms with E-state index in [0.717, 1.165) is 0 Å². The lowest BCUT2D eigenvalue weighted by Gasteiger charge is -2.04. The van der Waals surface area contributed by atoms with Crippen LogP contribution in [0.2, 0.25) is 0 Å². The summed E-state index contributed by atoms with van der Waals surface area (Å²) in [7, 11) is -1.88. The average Bonchev–Trinajstić information content (AvgIpc) is 2.56. The summed E-state index contributed by atoms with van der Waals surface area (Å²) in [6.07, 6.45) is 1.44. The highest BCUT2D eigenvalue weighted by molar-refractivity contribution is 7.89. The van der Waals surface area contributed by atoms with E-state index in [-0.39, 0.29) is 17.5 Å². The summed E-state index contributed by atoms with van der Waals surface area (Å²) in [6.45, 7) is 3.46. The van der Waals surface area contributed by atoms with Crippen LogP contribution < -0.4 is 4.72 Å². The standard InChI is InChI=1S/C9H14N4O2S/c1-7(4-10)5-11-16(14,15)9-6-13(3)8(2)12-9/h6-7,11H,5H2,1-3H3.